The third kappa shape index (κ3) is 2.79. The number of fused-ring (bicyclic) bond motifs is 1. The summed E-state index contributed by atoms with van der Waals surface area (Å²) in [7, 11) is 3.19. The number of nitrogens with zero attached hydrogens (tertiary/aromatic N) is 2. The monoisotopic (exact) mass is 313 g/mol. The number of aryl methyl sites for hydroxylation is 1. The highest BCUT2D eigenvalue weighted by Gasteiger charge is 2.10. The molecule has 1 aromatic carbocycles. The average molecular weight is 313 g/mol. The van der Waals surface area contributed by atoms with Crippen LogP contribution >= 0.6 is 0 Å². The van der Waals surface area contributed by atoms with E-state index < -0.39 is 0 Å². The Morgan fingerprint density at radius 1 is 1.13 bits per heavy atom. The van der Waals surface area contributed by atoms with Gasteiger partial charge in [0.05, 0.1) is 19.9 Å². The molecular formula is C17H19N3O3. The smallest absolute Gasteiger partial charge is 0.272 e. The molecule has 0 amide bonds. The van der Waals surface area contributed by atoms with Gasteiger partial charge in [0.2, 0.25) is 0 Å². The molecular weight excluding hydrogens is 294 g/mol. The summed E-state index contributed by atoms with van der Waals surface area (Å²) in [6.45, 7) is 2.07. The third-order valence-electron chi connectivity index (χ3n) is 3.70. The molecule has 2 aromatic heterocycles. The largest absolute Gasteiger partial charge is 0.493 e. The SMILES string of the molecule is CCCc1cc(=O)n2[nH]c(-c3ccc(OC)c(OC)c3)cc2n1. The second kappa shape index (κ2) is 6.16. The highest BCUT2D eigenvalue weighted by molar-refractivity contribution is 5.67. The van der Waals surface area contributed by atoms with Crippen molar-refractivity contribution < 1.29 is 9.47 Å². The first-order valence-corrected chi connectivity index (χ1v) is 7.50. The van der Waals surface area contributed by atoms with Crippen LogP contribution in [-0.4, -0.2) is 28.8 Å². The average Bonchev–Trinajstić information content (AvgIpc) is 2.99. The lowest BCUT2D eigenvalue weighted by atomic mass is 10.1. The van der Waals surface area contributed by atoms with Crippen molar-refractivity contribution in [1.82, 2.24) is 14.6 Å². The fourth-order valence-electron chi connectivity index (χ4n) is 2.58. The summed E-state index contributed by atoms with van der Waals surface area (Å²) in [4.78, 5) is 16.7. The Morgan fingerprint density at radius 2 is 1.91 bits per heavy atom. The summed E-state index contributed by atoms with van der Waals surface area (Å²) in [5.74, 6) is 1.29. The van der Waals surface area contributed by atoms with Gasteiger partial charge in [0.1, 0.15) is 0 Å². The van der Waals surface area contributed by atoms with Crippen LogP contribution in [0.4, 0.5) is 0 Å². The van der Waals surface area contributed by atoms with Crippen molar-refractivity contribution in [3.05, 3.63) is 46.4 Å². The number of rotatable bonds is 5. The van der Waals surface area contributed by atoms with Gasteiger partial charge in [0.25, 0.3) is 5.56 Å². The normalized spacial score (nSPS) is 10.9. The van der Waals surface area contributed by atoms with E-state index in [0.29, 0.717) is 17.1 Å². The van der Waals surface area contributed by atoms with Crippen molar-refractivity contribution in [2.45, 2.75) is 19.8 Å². The first kappa shape index (κ1) is 15.1. The van der Waals surface area contributed by atoms with E-state index in [2.05, 4.69) is 17.0 Å². The van der Waals surface area contributed by atoms with Crippen molar-refractivity contribution in [3.63, 3.8) is 0 Å². The van der Waals surface area contributed by atoms with Crippen molar-refractivity contribution >= 4 is 5.65 Å². The fraction of sp³-hybridized carbons (Fsp3) is 0.294. The number of hydrogen-bond acceptors (Lipinski definition) is 4. The maximum absolute atomic E-state index is 12.2. The number of benzene rings is 1. The van der Waals surface area contributed by atoms with E-state index in [4.69, 9.17) is 9.47 Å². The quantitative estimate of drug-likeness (QED) is 0.786. The van der Waals surface area contributed by atoms with E-state index in [9.17, 15) is 4.79 Å². The molecule has 0 saturated heterocycles. The molecule has 0 radical (unpaired) electrons. The highest BCUT2D eigenvalue weighted by Crippen LogP contribution is 2.31. The topological polar surface area (TPSA) is 68.6 Å². The molecule has 120 valence electrons. The summed E-state index contributed by atoms with van der Waals surface area (Å²) in [6.07, 6.45) is 1.75. The van der Waals surface area contributed by atoms with E-state index in [-0.39, 0.29) is 5.56 Å². The summed E-state index contributed by atoms with van der Waals surface area (Å²) >= 11 is 0. The number of aromatic amines is 1. The van der Waals surface area contributed by atoms with Gasteiger partial charge in [-0.3, -0.25) is 9.89 Å². The Labute approximate surface area is 133 Å². The van der Waals surface area contributed by atoms with Gasteiger partial charge in [-0.25, -0.2) is 9.50 Å². The van der Waals surface area contributed by atoms with Crippen molar-refractivity contribution in [1.29, 1.82) is 0 Å². The van der Waals surface area contributed by atoms with Crippen molar-refractivity contribution in [2.24, 2.45) is 0 Å². The van der Waals surface area contributed by atoms with Crippen molar-refractivity contribution in [3.8, 4) is 22.8 Å². The second-order valence-electron chi connectivity index (χ2n) is 5.27. The van der Waals surface area contributed by atoms with Gasteiger partial charge in [-0.1, -0.05) is 13.3 Å². The predicted molar refractivity (Wildman–Crippen MR) is 88.3 cm³/mol. The van der Waals surface area contributed by atoms with Gasteiger partial charge in [-0.15, -0.1) is 0 Å². The Hall–Kier alpha value is -2.76. The number of hydrogen-bond donors (Lipinski definition) is 1. The van der Waals surface area contributed by atoms with Gasteiger partial charge in [-0.2, -0.15) is 0 Å². The lowest BCUT2D eigenvalue weighted by Gasteiger charge is -2.08. The molecule has 0 saturated carbocycles. The third-order valence-corrected chi connectivity index (χ3v) is 3.70. The molecule has 0 aliphatic rings. The number of H-pyrrole nitrogens is 1. The fourth-order valence-corrected chi connectivity index (χ4v) is 2.58. The first-order chi connectivity index (χ1) is 11.2. The molecule has 0 unspecified atom stereocenters. The molecule has 2 heterocycles. The number of aromatic nitrogens is 3. The minimum atomic E-state index is -0.106. The molecule has 6 heteroatoms. The van der Waals surface area contributed by atoms with Crippen LogP contribution in [0.25, 0.3) is 16.9 Å². The summed E-state index contributed by atoms with van der Waals surface area (Å²) in [5, 5.41) is 3.08. The lowest BCUT2D eigenvalue weighted by Crippen LogP contribution is -2.15. The molecule has 1 N–H and O–H groups in total. The van der Waals surface area contributed by atoms with Crippen LogP contribution in [0, 0.1) is 0 Å². The lowest BCUT2D eigenvalue weighted by molar-refractivity contribution is 0.355. The predicted octanol–water partition coefficient (Wildman–Crippen LogP) is 2.66. The van der Waals surface area contributed by atoms with E-state index in [0.717, 1.165) is 29.8 Å². The van der Waals surface area contributed by atoms with Crippen molar-refractivity contribution in [2.75, 3.05) is 14.2 Å². The Kier molecular flexibility index (Phi) is 4.06. The van der Waals surface area contributed by atoms with Crippen LogP contribution < -0.4 is 15.0 Å². The minimum absolute atomic E-state index is 0.106. The van der Waals surface area contributed by atoms with Crippen LogP contribution in [-0.2, 0) is 6.42 Å². The molecule has 3 aromatic rings. The molecule has 0 fully saturated rings. The molecule has 0 aliphatic carbocycles. The van der Waals surface area contributed by atoms with Gasteiger partial charge >= 0.3 is 0 Å². The van der Waals surface area contributed by atoms with E-state index in [1.54, 1.807) is 20.3 Å². The van der Waals surface area contributed by atoms with Gasteiger partial charge in [0, 0.05) is 23.4 Å². The van der Waals surface area contributed by atoms with E-state index in [1.165, 1.54) is 4.52 Å². The molecule has 0 aliphatic heterocycles. The number of methoxy groups -OCH3 is 2. The number of ether oxygens (including phenoxy) is 2. The van der Waals surface area contributed by atoms with Crippen LogP contribution in [0.15, 0.2) is 35.1 Å². The standard InChI is InChI=1S/C17H19N3O3/c1-4-5-12-9-17(21)20-16(18-12)10-13(19-20)11-6-7-14(22-2)15(8-11)23-3/h6-10,19H,4-5H2,1-3H3. The highest BCUT2D eigenvalue weighted by atomic mass is 16.5. The van der Waals surface area contributed by atoms with E-state index in [1.807, 2.05) is 24.3 Å². The van der Waals surface area contributed by atoms with Crippen LogP contribution in [0.3, 0.4) is 0 Å². The zero-order chi connectivity index (χ0) is 16.4. The van der Waals surface area contributed by atoms with Crippen LogP contribution in [0.1, 0.15) is 19.0 Å². The molecule has 6 nitrogen and oxygen atoms in total. The van der Waals surface area contributed by atoms with Gasteiger partial charge in [0.15, 0.2) is 17.1 Å². The minimum Gasteiger partial charge on any atom is -0.493 e. The summed E-state index contributed by atoms with van der Waals surface area (Å²) in [5.41, 5.74) is 3.01. The van der Waals surface area contributed by atoms with Gasteiger partial charge < -0.3 is 9.47 Å². The zero-order valence-corrected chi connectivity index (χ0v) is 13.4. The molecule has 0 bridgehead atoms. The Bertz CT molecular complexity index is 896. The van der Waals surface area contributed by atoms with Crippen LogP contribution in [0.2, 0.25) is 0 Å². The maximum Gasteiger partial charge on any atom is 0.272 e. The molecule has 3 rings (SSSR count). The Balaban J connectivity index is 2.10. The molecule has 0 spiro atoms. The molecule has 23 heavy (non-hydrogen) atoms. The number of nitrogens with one attached hydrogen (secondary N) is 1. The second-order valence-corrected chi connectivity index (χ2v) is 5.27. The van der Waals surface area contributed by atoms with E-state index >= 15 is 0 Å². The van der Waals surface area contributed by atoms with Crippen LogP contribution in [0.5, 0.6) is 11.5 Å². The summed E-state index contributed by atoms with van der Waals surface area (Å²) in [6, 6.07) is 9.04. The zero-order valence-electron chi connectivity index (χ0n) is 13.4. The maximum atomic E-state index is 12.2. The first-order valence-electron chi connectivity index (χ1n) is 7.50. The van der Waals surface area contributed by atoms with Gasteiger partial charge in [-0.05, 0) is 24.6 Å². The Morgan fingerprint density at radius 3 is 2.61 bits per heavy atom. The molecule has 0 atom stereocenters. The summed E-state index contributed by atoms with van der Waals surface area (Å²) < 4.78 is 12.0.